The van der Waals surface area contributed by atoms with Crippen LogP contribution in [0.4, 0.5) is 0 Å². The fraction of sp³-hybridized carbons (Fsp3) is 0.231. The molecule has 16 heavy (non-hydrogen) atoms. The lowest BCUT2D eigenvalue weighted by atomic mass is 9.82. The summed E-state index contributed by atoms with van der Waals surface area (Å²) >= 11 is 0. The first kappa shape index (κ1) is 12.0. The van der Waals surface area contributed by atoms with Gasteiger partial charge in [0.1, 0.15) is 0 Å². The molecule has 0 radical (unpaired) electrons. The molecule has 0 spiro atoms. The van der Waals surface area contributed by atoms with Crippen molar-refractivity contribution in [1.82, 2.24) is 0 Å². The van der Waals surface area contributed by atoms with Crippen LogP contribution in [0.15, 0.2) is 43.0 Å². The predicted octanol–water partition coefficient (Wildman–Crippen LogP) is 2.20. The molecule has 0 fully saturated rings. The van der Waals surface area contributed by atoms with Gasteiger partial charge in [0.25, 0.3) is 0 Å². The minimum Gasteiger partial charge on any atom is -0.464 e. The molecule has 0 saturated carbocycles. The Labute approximate surface area is 95.0 Å². The summed E-state index contributed by atoms with van der Waals surface area (Å²) in [5.74, 6) is -0.585. The van der Waals surface area contributed by atoms with Gasteiger partial charge >= 0.3 is 5.97 Å². The lowest BCUT2D eigenvalue weighted by molar-refractivity contribution is -0.146. The number of carbonyl (C=O) groups is 1. The van der Waals surface area contributed by atoms with Gasteiger partial charge in [-0.25, -0.2) is 4.79 Å². The number of hydrogen-bond donors (Lipinski definition) is 0. The van der Waals surface area contributed by atoms with Crippen LogP contribution in [0.5, 0.6) is 0 Å². The highest BCUT2D eigenvalue weighted by atomic mass is 16.5. The summed E-state index contributed by atoms with van der Waals surface area (Å²) in [5.41, 5.74) is -0.831. The third-order valence-corrected chi connectivity index (χ3v) is 2.31. The minimum absolute atomic E-state index is 0.239. The van der Waals surface area contributed by atoms with E-state index in [-0.39, 0.29) is 6.61 Å². The van der Waals surface area contributed by atoms with Gasteiger partial charge < -0.3 is 4.74 Å². The van der Waals surface area contributed by atoms with Crippen molar-refractivity contribution in [3.05, 3.63) is 48.6 Å². The summed E-state index contributed by atoms with van der Waals surface area (Å²) in [5, 5.41) is 9.20. The molecule has 0 aromatic heterocycles. The van der Waals surface area contributed by atoms with Gasteiger partial charge in [0, 0.05) is 0 Å². The summed E-state index contributed by atoms with van der Waals surface area (Å²) in [4.78, 5) is 11.8. The van der Waals surface area contributed by atoms with Crippen molar-refractivity contribution >= 4 is 5.97 Å². The van der Waals surface area contributed by atoms with Gasteiger partial charge in [-0.1, -0.05) is 36.4 Å². The second-order valence-corrected chi connectivity index (χ2v) is 3.21. The number of nitrogens with zero attached hydrogens (tertiary/aromatic N) is 1. The third-order valence-electron chi connectivity index (χ3n) is 2.31. The average molecular weight is 215 g/mol. The molecule has 0 heterocycles. The van der Waals surface area contributed by atoms with E-state index in [1.54, 1.807) is 31.2 Å². The highest BCUT2D eigenvalue weighted by Gasteiger charge is 2.39. The first-order chi connectivity index (χ1) is 7.71. The van der Waals surface area contributed by atoms with E-state index >= 15 is 0 Å². The number of ether oxygens (including phenoxy) is 1. The Morgan fingerprint density at radius 1 is 1.56 bits per heavy atom. The Balaban J connectivity index is 3.23. The maximum absolute atomic E-state index is 11.8. The fourth-order valence-corrected chi connectivity index (χ4v) is 1.42. The van der Waals surface area contributed by atoms with Gasteiger partial charge in [0.15, 0.2) is 5.41 Å². The lowest BCUT2D eigenvalue weighted by Gasteiger charge is -2.20. The van der Waals surface area contributed by atoms with Gasteiger partial charge in [0.05, 0.1) is 12.7 Å². The Morgan fingerprint density at radius 2 is 2.19 bits per heavy atom. The van der Waals surface area contributed by atoms with E-state index < -0.39 is 11.4 Å². The van der Waals surface area contributed by atoms with Crippen LogP contribution in [0.3, 0.4) is 0 Å². The minimum atomic E-state index is -1.41. The monoisotopic (exact) mass is 215 g/mol. The summed E-state index contributed by atoms with van der Waals surface area (Å²) in [7, 11) is 0. The molecule has 0 saturated heterocycles. The number of nitriles is 1. The van der Waals surface area contributed by atoms with Crippen LogP contribution in [-0.4, -0.2) is 12.6 Å². The molecule has 3 nitrogen and oxygen atoms in total. The van der Waals surface area contributed by atoms with Gasteiger partial charge in [-0.15, -0.1) is 6.58 Å². The third kappa shape index (κ3) is 1.96. The van der Waals surface area contributed by atoms with Gasteiger partial charge in [0.2, 0.25) is 0 Å². The van der Waals surface area contributed by atoms with E-state index in [0.717, 1.165) is 0 Å². The maximum atomic E-state index is 11.8. The average Bonchev–Trinajstić information content (AvgIpc) is 2.33. The molecule has 0 N–H and O–H groups in total. The SMILES string of the molecule is C=CC(C#N)(C(=O)OCC)c1ccccc1. The van der Waals surface area contributed by atoms with Gasteiger partial charge in [-0.2, -0.15) is 5.26 Å². The van der Waals surface area contributed by atoms with Crippen molar-refractivity contribution in [1.29, 1.82) is 5.26 Å². The Hall–Kier alpha value is -2.08. The van der Waals surface area contributed by atoms with Crippen LogP contribution >= 0.6 is 0 Å². The van der Waals surface area contributed by atoms with Crippen molar-refractivity contribution in [3.8, 4) is 6.07 Å². The second-order valence-electron chi connectivity index (χ2n) is 3.21. The lowest BCUT2D eigenvalue weighted by Crippen LogP contribution is -2.33. The van der Waals surface area contributed by atoms with Gasteiger partial charge in [-0.05, 0) is 12.5 Å². The molecule has 0 bridgehead atoms. The summed E-state index contributed by atoms with van der Waals surface area (Å²) in [6.45, 7) is 5.50. The van der Waals surface area contributed by atoms with Crippen LogP contribution in [0.2, 0.25) is 0 Å². The Kier molecular flexibility index (Phi) is 3.84. The Morgan fingerprint density at radius 3 is 2.62 bits per heavy atom. The number of benzene rings is 1. The van der Waals surface area contributed by atoms with Crippen LogP contribution in [0, 0.1) is 11.3 Å². The molecule has 3 heteroatoms. The van der Waals surface area contributed by atoms with E-state index in [0.29, 0.717) is 5.56 Å². The van der Waals surface area contributed by atoms with E-state index in [4.69, 9.17) is 4.74 Å². The molecule has 1 unspecified atom stereocenters. The summed E-state index contributed by atoms with van der Waals surface area (Å²) < 4.78 is 4.91. The molecule has 1 aromatic rings. The second kappa shape index (κ2) is 5.13. The molecule has 1 aromatic carbocycles. The molecular weight excluding hydrogens is 202 g/mol. The highest BCUT2D eigenvalue weighted by Crippen LogP contribution is 2.26. The number of hydrogen-bond acceptors (Lipinski definition) is 3. The molecule has 1 atom stereocenters. The summed E-state index contributed by atoms with van der Waals surface area (Å²) in [6, 6.07) is 10.7. The number of carbonyl (C=O) groups excluding carboxylic acids is 1. The van der Waals surface area contributed by atoms with Crippen molar-refractivity contribution in [2.75, 3.05) is 6.61 Å². The maximum Gasteiger partial charge on any atom is 0.335 e. The highest BCUT2D eigenvalue weighted by molar-refractivity contribution is 5.89. The molecule has 1 rings (SSSR count). The van der Waals surface area contributed by atoms with E-state index in [2.05, 4.69) is 6.58 Å². The van der Waals surface area contributed by atoms with Crippen LogP contribution in [-0.2, 0) is 14.9 Å². The zero-order chi connectivity index (χ0) is 12.0. The number of esters is 1. The first-order valence-corrected chi connectivity index (χ1v) is 4.99. The molecular formula is C13H13NO2. The predicted molar refractivity (Wildman–Crippen MR) is 60.6 cm³/mol. The Bertz CT molecular complexity index is 419. The molecule has 0 aliphatic rings. The van der Waals surface area contributed by atoms with Crippen molar-refractivity contribution in [2.24, 2.45) is 0 Å². The topological polar surface area (TPSA) is 50.1 Å². The molecule has 0 aliphatic carbocycles. The van der Waals surface area contributed by atoms with Crippen molar-refractivity contribution < 1.29 is 9.53 Å². The largest absolute Gasteiger partial charge is 0.464 e. The van der Waals surface area contributed by atoms with Crippen molar-refractivity contribution in [2.45, 2.75) is 12.3 Å². The zero-order valence-electron chi connectivity index (χ0n) is 9.14. The van der Waals surface area contributed by atoms with Gasteiger partial charge in [-0.3, -0.25) is 0 Å². The van der Waals surface area contributed by atoms with Crippen LogP contribution in [0.25, 0.3) is 0 Å². The summed E-state index contributed by atoms with van der Waals surface area (Å²) in [6.07, 6.45) is 1.32. The standard InChI is InChI=1S/C13H13NO2/c1-3-13(10-14,12(15)16-4-2)11-8-6-5-7-9-11/h3,5-9H,1,4H2,2H3. The normalized spacial score (nSPS) is 13.2. The van der Waals surface area contributed by atoms with Crippen LogP contribution < -0.4 is 0 Å². The van der Waals surface area contributed by atoms with Crippen LogP contribution in [0.1, 0.15) is 12.5 Å². The quantitative estimate of drug-likeness (QED) is 0.571. The molecule has 0 aliphatic heterocycles. The zero-order valence-corrected chi connectivity index (χ0v) is 9.14. The van der Waals surface area contributed by atoms with Crippen molar-refractivity contribution in [3.63, 3.8) is 0 Å². The van der Waals surface area contributed by atoms with E-state index in [1.165, 1.54) is 6.08 Å². The number of rotatable bonds is 4. The fourth-order valence-electron chi connectivity index (χ4n) is 1.42. The smallest absolute Gasteiger partial charge is 0.335 e. The molecule has 0 amide bonds. The molecule has 82 valence electrons. The van der Waals surface area contributed by atoms with E-state index in [9.17, 15) is 10.1 Å². The van der Waals surface area contributed by atoms with E-state index in [1.807, 2.05) is 12.1 Å². The first-order valence-electron chi connectivity index (χ1n) is 4.99.